The molecule has 94 valence electrons. The molecule has 5 rings (SSSR count). The number of fused-ring (bicyclic) bond motifs is 4. The van der Waals surface area contributed by atoms with Crippen LogP contribution >= 0.6 is 0 Å². The average molecular weight is 256 g/mol. The summed E-state index contributed by atoms with van der Waals surface area (Å²) in [6.07, 6.45) is 6.53. The van der Waals surface area contributed by atoms with Crippen LogP contribution in [0.2, 0.25) is 0 Å². The van der Waals surface area contributed by atoms with Crippen LogP contribution in [0.4, 0.5) is 0 Å². The summed E-state index contributed by atoms with van der Waals surface area (Å²) in [5.74, 6) is 0. The Kier molecular flexibility index (Phi) is 1.83. The molecule has 0 aliphatic heterocycles. The molecule has 0 saturated heterocycles. The molecule has 2 nitrogen and oxygen atoms in total. The van der Waals surface area contributed by atoms with Gasteiger partial charge < -0.3 is 0 Å². The van der Waals surface area contributed by atoms with Crippen LogP contribution in [0.25, 0.3) is 45.4 Å². The van der Waals surface area contributed by atoms with E-state index >= 15 is 0 Å². The van der Waals surface area contributed by atoms with Crippen LogP contribution in [0.15, 0.2) is 36.4 Å². The van der Waals surface area contributed by atoms with E-state index in [2.05, 4.69) is 48.6 Å². The van der Waals surface area contributed by atoms with Gasteiger partial charge in [-0.15, -0.1) is 0 Å². The SMILES string of the molecule is C1=c2nc3c(nc2=CCC1)-c1cccc2cccc-3c12. The van der Waals surface area contributed by atoms with Crippen LogP contribution < -0.4 is 10.7 Å². The highest BCUT2D eigenvalue weighted by Gasteiger charge is 2.23. The Morgan fingerprint density at radius 2 is 1.25 bits per heavy atom. The zero-order chi connectivity index (χ0) is 13.1. The summed E-state index contributed by atoms with van der Waals surface area (Å²) in [7, 11) is 0. The molecule has 0 spiro atoms. The van der Waals surface area contributed by atoms with Gasteiger partial charge in [-0.25, -0.2) is 9.97 Å². The molecule has 1 heterocycles. The first-order chi connectivity index (χ1) is 9.92. The molecule has 0 unspecified atom stereocenters. The maximum atomic E-state index is 4.88. The fourth-order valence-electron chi connectivity index (χ4n) is 3.31. The van der Waals surface area contributed by atoms with Gasteiger partial charge in [0.05, 0.1) is 22.1 Å². The smallest absolute Gasteiger partial charge is 0.0979 e. The zero-order valence-corrected chi connectivity index (χ0v) is 10.9. The van der Waals surface area contributed by atoms with Crippen molar-refractivity contribution in [1.29, 1.82) is 0 Å². The number of rotatable bonds is 0. The molecule has 0 bridgehead atoms. The van der Waals surface area contributed by atoms with Crippen molar-refractivity contribution in [2.75, 3.05) is 0 Å². The Labute approximate surface area is 116 Å². The van der Waals surface area contributed by atoms with Gasteiger partial charge in [0.2, 0.25) is 0 Å². The van der Waals surface area contributed by atoms with Gasteiger partial charge in [0.15, 0.2) is 0 Å². The molecule has 0 saturated carbocycles. The number of nitrogens with zero attached hydrogens (tertiary/aromatic N) is 2. The summed E-state index contributed by atoms with van der Waals surface area (Å²) < 4.78 is 0. The zero-order valence-electron chi connectivity index (χ0n) is 10.9. The molecule has 0 N–H and O–H groups in total. The minimum Gasteiger partial charge on any atom is -0.244 e. The van der Waals surface area contributed by atoms with Crippen molar-refractivity contribution in [2.45, 2.75) is 12.8 Å². The number of aromatic nitrogens is 2. The van der Waals surface area contributed by atoms with Crippen LogP contribution in [0.5, 0.6) is 0 Å². The van der Waals surface area contributed by atoms with Crippen molar-refractivity contribution in [1.82, 2.24) is 9.97 Å². The van der Waals surface area contributed by atoms with E-state index in [4.69, 9.17) is 9.97 Å². The lowest BCUT2D eigenvalue weighted by Crippen LogP contribution is -2.33. The quantitative estimate of drug-likeness (QED) is 0.483. The summed E-state index contributed by atoms with van der Waals surface area (Å²) in [6.45, 7) is 0. The second kappa shape index (κ2) is 3.54. The highest BCUT2D eigenvalue weighted by molar-refractivity contribution is 6.13. The van der Waals surface area contributed by atoms with Crippen molar-refractivity contribution in [3.8, 4) is 22.5 Å². The highest BCUT2D eigenvalue weighted by Crippen LogP contribution is 2.43. The van der Waals surface area contributed by atoms with Gasteiger partial charge in [0, 0.05) is 16.5 Å². The van der Waals surface area contributed by atoms with Gasteiger partial charge in [-0.05, 0) is 18.2 Å². The third kappa shape index (κ3) is 1.19. The standard InChI is InChI=1S/C18H12N2/c1-2-10-15-14(9-1)19-17-12-7-3-5-11-6-4-8-13(16(11)12)18(17)20-15/h3-10H,1-2H2. The average Bonchev–Trinajstić information content (AvgIpc) is 2.82. The van der Waals surface area contributed by atoms with E-state index in [-0.39, 0.29) is 0 Å². The first-order valence-electron chi connectivity index (χ1n) is 7.03. The minimum absolute atomic E-state index is 1.04. The van der Waals surface area contributed by atoms with Crippen LogP contribution in [0, 0.1) is 0 Å². The third-order valence-electron chi connectivity index (χ3n) is 4.21. The lowest BCUT2D eigenvalue weighted by atomic mass is 10.0. The van der Waals surface area contributed by atoms with Crippen LogP contribution in [-0.2, 0) is 0 Å². The monoisotopic (exact) mass is 256 g/mol. The molecule has 0 amide bonds. The summed E-state index contributed by atoms with van der Waals surface area (Å²) in [5.41, 5.74) is 4.54. The van der Waals surface area contributed by atoms with Crippen molar-refractivity contribution >= 4 is 22.9 Å². The van der Waals surface area contributed by atoms with Gasteiger partial charge in [-0.2, -0.15) is 0 Å². The van der Waals surface area contributed by atoms with E-state index in [1.54, 1.807) is 0 Å². The van der Waals surface area contributed by atoms with E-state index < -0.39 is 0 Å². The molecular weight excluding hydrogens is 244 g/mol. The number of benzene rings is 2. The van der Waals surface area contributed by atoms with Crippen molar-refractivity contribution in [2.24, 2.45) is 0 Å². The van der Waals surface area contributed by atoms with E-state index in [0.29, 0.717) is 0 Å². The third-order valence-corrected chi connectivity index (χ3v) is 4.21. The van der Waals surface area contributed by atoms with Crippen molar-refractivity contribution < 1.29 is 0 Å². The molecule has 0 radical (unpaired) electrons. The van der Waals surface area contributed by atoms with Gasteiger partial charge in [-0.1, -0.05) is 48.6 Å². The molecule has 0 fully saturated rings. The van der Waals surface area contributed by atoms with Gasteiger partial charge >= 0.3 is 0 Å². The first-order valence-corrected chi connectivity index (χ1v) is 7.03. The normalized spacial score (nSPS) is 14.4. The molecule has 2 aliphatic carbocycles. The molecule has 1 aromatic heterocycles. The molecule has 2 aliphatic rings. The summed E-state index contributed by atoms with van der Waals surface area (Å²) in [4.78, 5) is 9.77. The predicted octanol–water partition coefficient (Wildman–Crippen LogP) is 2.63. The Balaban J connectivity index is 2.02. The molecule has 2 aromatic carbocycles. The lowest BCUT2D eigenvalue weighted by Gasteiger charge is -2.03. The number of hydrogen-bond donors (Lipinski definition) is 0. The number of hydrogen-bond acceptors (Lipinski definition) is 2. The largest absolute Gasteiger partial charge is 0.244 e. The van der Waals surface area contributed by atoms with Gasteiger partial charge in [0.1, 0.15) is 0 Å². The molecular formula is C18H12N2. The fourth-order valence-corrected chi connectivity index (χ4v) is 3.31. The Bertz CT molecular complexity index is 922. The van der Waals surface area contributed by atoms with Gasteiger partial charge in [-0.3, -0.25) is 0 Å². The topological polar surface area (TPSA) is 25.8 Å². The Morgan fingerprint density at radius 1 is 0.700 bits per heavy atom. The predicted molar refractivity (Wildman–Crippen MR) is 81.4 cm³/mol. The molecule has 0 atom stereocenters. The first kappa shape index (κ1) is 10.3. The lowest BCUT2D eigenvalue weighted by molar-refractivity contribution is 1.03. The van der Waals surface area contributed by atoms with E-state index in [9.17, 15) is 0 Å². The van der Waals surface area contributed by atoms with Crippen LogP contribution in [-0.4, -0.2) is 9.97 Å². The Morgan fingerprint density at radius 3 is 1.80 bits per heavy atom. The highest BCUT2D eigenvalue weighted by atomic mass is 14.8. The summed E-state index contributed by atoms with van der Waals surface area (Å²) >= 11 is 0. The Hall–Kier alpha value is -2.48. The van der Waals surface area contributed by atoms with E-state index in [1.165, 1.54) is 21.9 Å². The fraction of sp³-hybridized carbons (Fsp3) is 0.111. The van der Waals surface area contributed by atoms with E-state index in [0.717, 1.165) is 34.9 Å². The second-order valence-electron chi connectivity index (χ2n) is 5.39. The summed E-state index contributed by atoms with van der Waals surface area (Å²) in [5, 5.41) is 4.65. The molecule has 20 heavy (non-hydrogen) atoms. The molecule has 3 aromatic rings. The summed E-state index contributed by atoms with van der Waals surface area (Å²) in [6, 6.07) is 12.8. The minimum atomic E-state index is 1.04. The van der Waals surface area contributed by atoms with Crippen LogP contribution in [0.1, 0.15) is 12.8 Å². The van der Waals surface area contributed by atoms with Crippen molar-refractivity contribution in [3.63, 3.8) is 0 Å². The van der Waals surface area contributed by atoms with E-state index in [1.807, 2.05) is 0 Å². The van der Waals surface area contributed by atoms with Gasteiger partial charge in [0.25, 0.3) is 0 Å². The molecule has 2 heteroatoms. The second-order valence-corrected chi connectivity index (χ2v) is 5.39. The maximum Gasteiger partial charge on any atom is 0.0979 e. The van der Waals surface area contributed by atoms with Crippen LogP contribution in [0.3, 0.4) is 0 Å². The van der Waals surface area contributed by atoms with Crippen molar-refractivity contribution in [3.05, 3.63) is 47.1 Å². The maximum absolute atomic E-state index is 4.88.